The van der Waals surface area contributed by atoms with Crippen LogP contribution in [0.25, 0.3) is 11.1 Å². The normalized spacial score (nSPS) is 10.2. The summed E-state index contributed by atoms with van der Waals surface area (Å²) in [5.41, 5.74) is 9.07. The SMILES string of the molecule is C=NCc1c(-c2ccc(OC)c(OC)c2)csc1N. The van der Waals surface area contributed by atoms with Gasteiger partial charge in [0.1, 0.15) is 0 Å². The zero-order valence-corrected chi connectivity index (χ0v) is 11.8. The van der Waals surface area contributed by atoms with E-state index in [4.69, 9.17) is 15.2 Å². The number of nitrogens with zero attached hydrogens (tertiary/aromatic N) is 1. The smallest absolute Gasteiger partial charge is 0.161 e. The van der Waals surface area contributed by atoms with Crippen molar-refractivity contribution in [2.75, 3.05) is 20.0 Å². The maximum atomic E-state index is 5.97. The number of anilines is 1. The van der Waals surface area contributed by atoms with Crippen molar-refractivity contribution in [2.45, 2.75) is 6.54 Å². The monoisotopic (exact) mass is 276 g/mol. The number of nitrogens with two attached hydrogens (primary N) is 1. The van der Waals surface area contributed by atoms with Gasteiger partial charge in [0.25, 0.3) is 0 Å². The Bertz CT molecular complexity index is 593. The third kappa shape index (κ3) is 2.56. The Kier molecular flexibility index (Phi) is 4.06. The molecule has 19 heavy (non-hydrogen) atoms. The van der Waals surface area contributed by atoms with E-state index in [2.05, 4.69) is 11.7 Å². The predicted molar refractivity (Wildman–Crippen MR) is 80.5 cm³/mol. The first-order valence-electron chi connectivity index (χ1n) is 5.72. The number of ether oxygens (including phenoxy) is 2. The number of hydrogen-bond donors (Lipinski definition) is 1. The number of nitrogen functional groups attached to an aromatic ring is 1. The molecule has 4 nitrogen and oxygen atoms in total. The molecule has 0 saturated carbocycles. The summed E-state index contributed by atoms with van der Waals surface area (Å²) in [5, 5.41) is 2.80. The molecule has 1 heterocycles. The van der Waals surface area contributed by atoms with Crippen molar-refractivity contribution in [3.8, 4) is 22.6 Å². The van der Waals surface area contributed by atoms with Gasteiger partial charge in [0.2, 0.25) is 0 Å². The highest BCUT2D eigenvalue weighted by Crippen LogP contribution is 2.38. The minimum absolute atomic E-state index is 0.513. The van der Waals surface area contributed by atoms with Crippen molar-refractivity contribution in [1.82, 2.24) is 0 Å². The molecule has 2 N–H and O–H groups in total. The first-order chi connectivity index (χ1) is 9.21. The van der Waals surface area contributed by atoms with Crippen LogP contribution in [-0.4, -0.2) is 20.9 Å². The van der Waals surface area contributed by atoms with Crippen LogP contribution in [0.2, 0.25) is 0 Å². The second-order valence-electron chi connectivity index (χ2n) is 3.94. The van der Waals surface area contributed by atoms with Gasteiger partial charge >= 0.3 is 0 Å². The molecule has 2 aromatic rings. The Hall–Kier alpha value is -2.01. The molecule has 0 aliphatic rings. The minimum atomic E-state index is 0.513. The number of aliphatic imine (C=N–C) groups is 1. The topological polar surface area (TPSA) is 56.8 Å². The zero-order valence-electron chi connectivity index (χ0n) is 11.0. The van der Waals surface area contributed by atoms with E-state index < -0.39 is 0 Å². The lowest BCUT2D eigenvalue weighted by molar-refractivity contribution is 0.355. The summed E-state index contributed by atoms with van der Waals surface area (Å²) in [6, 6.07) is 5.80. The van der Waals surface area contributed by atoms with E-state index in [1.54, 1.807) is 14.2 Å². The van der Waals surface area contributed by atoms with Crippen LogP contribution in [0.3, 0.4) is 0 Å². The second kappa shape index (κ2) is 5.75. The molecule has 0 bridgehead atoms. The summed E-state index contributed by atoms with van der Waals surface area (Å²) in [4.78, 5) is 3.92. The van der Waals surface area contributed by atoms with Crippen LogP contribution >= 0.6 is 11.3 Å². The minimum Gasteiger partial charge on any atom is -0.493 e. The van der Waals surface area contributed by atoms with Gasteiger partial charge in [-0.3, -0.25) is 4.99 Å². The predicted octanol–water partition coefficient (Wildman–Crippen LogP) is 3.22. The Morgan fingerprint density at radius 3 is 2.63 bits per heavy atom. The average molecular weight is 276 g/mol. The van der Waals surface area contributed by atoms with Crippen LogP contribution in [0.1, 0.15) is 5.56 Å². The molecule has 1 aromatic heterocycles. The molecule has 1 aromatic carbocycles. The van der Waals surface area contributed by atoms with Gasteiger partial charge < -0.3 is 15.2 Å². The van der Waals surface area contributed by atoms with Gasteiger partial charge in [-0.1, -0.05) is 6.07 Å². The summed E-state index contributed by atoms with van der Waals surface area (Å²) in [6.07, 6.45) is 0. The lowest BCUT2D eigenvalue weighted by Gasteiger charge is -2.10. The molecule has 0 atom stereocenters. The maximum Gasteiger partial charge on any atom is 0.161 e. The third-order valence-electron chi connectivity index (χ3n) is 2.89. The molecule has 0 aliphatic heterocycles. The number of thiophene rings is 1. The summed E-state index contributed by atoms with van der Waals surface area (Å²) in [5.74, 6) is 1.40. The van der Waals surface area contributed by atoms with Crippen molar-refractivity contribution >= 4 is 23.1 Å². The number of methoxy groups -OCH3 is 2. The second-order valence-corrected chi connectivity index (χ2v) is 4.85. The average Bonchev–Trinajstić information content (AvgIpc) is 2.80. The molecule has 0 saturated heterocycles. The summed E-state index contributed by atoms with van der Waals surface area (Å²) < 4.78 is 10.6. The Labute approximate surface area is 116 Å². The third-order valence-corrected chi connectivity index (χ3v) is 3.74. The molecular formula is C14H16N2O2S. The van der Waals surface area contributed by atoms with E-state index in [0.717, 1.165) is 21.7 Å². The van der Waals surface area contributed by atoms with Gasteiger partial charge in [-0.2, -0.15) is 0 Å². The van der Waals surface area contributed by atoms with E-state index in [1.165, 1.54) is 11.3 Å². The number of rotatable bonds is 5. The highest BCUT2D eigenvalue weighted by atomic mass is 32.1. The van der Waals surface area contributed by atoms with E-state index in [1.807, 2.05) is 23.6 Å². The highest BCUT2D eigenvalue weighted by Gasteiger charge is 2.13. The fraction of sp³-hybridized carbons (Fsp3) is 0.214. The summed E-state index contributed by atoms with van der Waals surface area (Å²) >= 11 is 1.51. The molecule has 2 rings (SSSR count). The first-order valence-corrected chi connectivity index (χ1v) is 6.60. The van der Waals surface area contributed by atoms with Crippen molar-refractivity contribution in [1.29, 1.82) is 0 Å². The molecule has 0 amide bonds. The molecule has 0 fully saturated rings. The molecule has 100 valence electrons. The van der Waals surface area contributed by atoms with E-state index in [9.17, 15) is 0 Å². The van der Waals surface area contributed by atoms with Crippen LogP contribution < -0.4 is 15.2 Å². The van der Waals surface area contributed by atoms with Gasteiger partial charge in [-0.15, -0.1) is 11.3 Å². The fourth-order valence-electron chi connectivity index (χ4n) is 1.92. The maximum absolute atomic E-state index is 5.97. The molecule has 5 heteroatoms. The van der Waals surface area contributed by atoms with Gasteiger partial charge in [0.15, 0.2) is 11.5 Å². The van der Waals surface area contributed by atoms with Gasteiger partial charge in [-0.05, 0) is 30.0 Å². The van der Waals surface area contributed by atoms with Crippen molar-refractivity contribution in [3.05, 3.63) is 29.1 Å². The summed E-state index contributed by atoms with van der Waals surface area (Å²) in [7, 11) is 3.24. The van der Waals surface area contributed by atoms with Gasteiger partial charge in [-0.25, -0.2) is 0 Å². The van der Waals surface area contributed by atoms with Crippen LogP contribution in [0.4, 0.5) is 5.00 Å². The van der Waals surface area contributed by atoms with E-state index in [0.29, 0.717) is 18.0 Å². The summed E-state index contributed by atoms with van der Waals surface area (Å²) in [6.45, 7) is 4.04. The first kappa shape index (κ1) is 13.4. The standard InChI is InChI=1S/C14H16N2O2S/c1-16-7-10-11(8-19-14(10)15)9-4-5-12(17-2)13(6-9)18-3/h4-6,8H,1,7,15H2,2-3H3. The van der Waals surface area contributed by atoms with Crippen molar-refractivity contribution < 1.29 is 9.47 Å². The number of benzene rings is 1. The lowest BCUT2D eigenvalue weighted by Crippen LogP contribution is -1.93. The largest absolute Gasteiger partial charge is 0.493 e. The molecule has 0 spiro atoms. The van der Waals surface area contributed by atoms with Gasteiger partial charge in [0, 0.05) is 10.9 Å². The molecular weight excluding hydrogens is 260 g/mol. The Morgan fingerprint density at radius 1 is 1.26 bits per heavy atom. The molecule has 0 radical (unpaired) electrons. The van der Waals surface area contributed by atoms with Crippen molar-refractivity contribution in [3.63, 3.8) is 0 Å². The van der Waals surface area contributed by atoms with E-state index >= 15 is 0 Å². The van der Waals surface area contributed by atoms with Crippen molar-refractivity contribution in [2.24, 2.45) is 4.99 Å². The van der Waals surface area contributed by atoms with Crippen LogP contribution in [0.15, 0.2) is 28.6 Å². The fourth-order valence-corrected chi connectivity index (χ4v) is 2.76. The Morgan fingerprint density at radius 2 is 2.00 bits per heavy atom. The lowest BCUT2D eigenvalue weighted by atomic mass is 10.0. The molecule has 0 unspecified atom stereocenters. The molecule has 0 aliphatic carbocycles. The number of hydrogen-bond acceptors (Lipinski definition) is 5. The zero-order chi connectivity index (χ0) is 13.8. The van der Waals surface area contributed by atoms with E-state index in [-0.39, 0.29) is 0 Å². The van der Waals surface area contributed by atoms with Crippen LogP contribution in [-0.2, 0) is 6.54 Å². The Balaban J connectivity index is 2.50. The van der Waals surface area contributed by atoms with Crippen LogP contribution in [0, 0.1) is 0 Å². The van der Waals surface area contributed by atoms with Gasteiger partial charge in [0.05, 0.1) is 25.8 Å². The highest BCUT2D eigenvalue weighted by molar-refractivity contribution is 7.14. The van der Waals surface area contributed by atoms with Crippen LogP contribution in [0.5, 0.6) is 11.5 Å². The quantitative estimate of drug-likeness (QED) is 0.853.